The highest BCUT2D eigenvalue weighted by molar-refractivity contribution is 14.1. The molecule has 0 spiro atoms. The maximum Gasteiger partial charge on any atom is 0.329 e. The van der Waals surface area contributed by atoms with E-state index < -0.39 is 17.6 Å². The van der Waals surface area contributed by atoms with Crippen LogP contribution in [-0.4, -0.2) is 37.1 Å². The van der Waals surface area contributed by atoms with E-state index in [4.69, 9.17) is 9.47 Å². The van der Waals surface area contributed by atoms with Crippen LogP contribution in [0.4, 0.5) is 15.8 Å². The average molecular weight is 697 g/mol. The number of hydrogen-bond acceptors (Lipinski definition) is 6. The Labute approximate surface area is 240 Å². The zero-order chi connectivity index (χ0) is 27.7. The maximum absolute atomic E-state index is 13.7. The fourth-order valence-electron chi connectivity index (χ4n) is 3.08. The summed E-state index contributed by atoms with van der Waals surface area (Å²) in [6.45, 7) is 3.81. The number of halogens is 3. The van der Waals surface area contributed by atoms with Gasteiger partial charge in [-0.2, -0.15) is 5.10 Å². The van der Waals surface area contributed by atoms with Crippen molar-refractivity contribution in [2.75, 3.05) is 23.8 Å². The predicted octanol–water partition coefficient (Wildman–Crippen LogP) is 5.01. The van der Waals surface area contributed by atoms with Gasteiger partial charge in [-0.15, -0.1) is 0 Å². The Hall–Kier alpha value is -3.52. The maximum atomic E-state index is 13.7. The summed E-state index contributed by atoms with van der Waals surface area (Å²) in [4.78, 5) is 36.4. The molecule has 3 N–H and O–H groups in total. The molecule has 3 rings (SSSR count). The van der Waals surface area contributed by atoms with Gasteiger partial charge in [-0.3, -0.25) is 14.4 Å². The van der Waals surface area contributed by atoms with Gasteiger partial charge in [0.2, 0.25) is 0 Å². The molecule has 0 heterocycles. The number of anilines is 2. The molecule has 38 heavy (non-hydrogen) atoms. The fraction of sp³-hybridized carbons (Fsp3) is 0.154. The van der Waals surface area contributed by atoms with Crippen LogP contribution in [0.2, 0.25) is 0 Å². The monoisotopic (exact) mass is 696 g/mol. The molecule has 3 aromatic rings. The van der Waals surface area contributed by atoms with E-state index in [0.717, 1.165) is 16.1 Å². The minimum Gasteiger partial charge on any atom is -0.490 e. The molecule has 0 bridgehead atoms. The Morgan fingerprint density at radius 1 is 1.05 bits per heavy atom. The van der Waals surface area contributed by atoms with E-state index >= 15 is 0 Å². The van der Waals surface area contributed by atoms with Gasteiger partial charge >= 0.3 is 11.8 Å². The summed E-state index contributed by atoms with van der Waals surface area (Å²) in [5, 5.41) is 8.74. The first kappa shape index (κ1) is 29.0. The van der Waals surface area contributed by atoms with Crippen molar-refractivity contribution >= 4 is 73.8 Å². The van der Waals surface area contributed by atoms with Crippen molar-refractivity contribution in [3.63, 3.8) is 0 Å². The quantitative estimate of drug-likeness (QED) is 0.126. The van der Waals surface area contributed by atoms with Crippen molar-refractivity contribution in [2.45, 2.75) is 13.8 Å². The Kier molecular flexibility index (Phi) is 10.6. The highest BCUT2D eigenvalue weighted by Crippen LogP contribution is 2.34. The van der Waals surface area contributed by atoms with Crippen molar-refractivity contribution in [3.8, 4) is 11.5 Å². The number of carbonyl (C=O) groups is 3. The smallest absolute Gasteiger partial charge is 0.329 e. The number of hydrazone groups is 1. The highest BCUT2D eigenvalue weighted by atomic mass is 127. The fourth-order valence-corrected chi connectivity index (χ4v) is 4.11. The third kappa shape index (κ3) is 8.25. The van der Waals surface area contributed by atoms with Gasteiger partial charge in [0.05, 0.1) is 22.1 Å². The topological polar surface area (TPSA) is 118 Å². The van der Waals surface area contributed by atoms with Gasteiger partial charge < -0.3 is 20.1 Å². The number of amides is 3. The minimum atomic E-state index is -1.07. The SMILES string of the molecule is CCOc1cc(/C=N\NC(=O)C(=O)Nc2ccccc2F)cc(I)c1OCC(=O)Nc1ccc(Br)c(C)c1. The molecule has 3 aromatic carbocycles. The number of aryl methyl sites for hydroxylation is 1. The van der Waals surface area contributed by atoms with E-state index in [0.29, 0.717) is 32.9 Å². The van der Waals surface area contributed by atoms with Gasteiger partial charge in [0.15, 0.2) is 18.1 Å². The second-order valence-corrected chi connectivity index (χ2v) is 9.71. The molecule has 0 aliphatic carbocycles. The van der Waals surface area contributed by atoms with E-state index in [1.807, 2.05) is 41.6 Å². The van der Waals surface area contributed by atoms with Gasteiger partial charge in [0, 0.05) is 10.2 Å². The van der Waals surface area contributed by atoms with Crippen molar-refractivity contribution in [1.82, 2.24) is 5.43 Å². The van der Waals surface area contributed by atoms with Gasteiger partial charge in [-0.25, -0.2) is 9.82 Å². The molecule has 0 aromatic heterocycles. The molecule has 3 amide bonds. The number of rotatable bonds is 9. The number of para-hydroxylation sites is 1. The zero-order valence-corrected chi connectivity index (χ0v) is 24.1. The first-order valence-corrected chi connectivity index (χ1v) is 13.1. The summed E-state index contributed by atoms with van der Waals surface area (Å²) in [6, 6.07) is 14.3. The molecule has 0 radical (unpaired) electrons. The molecule has 0 saturated carbocycles. The van der Waals surface area contributed by atoms with Crippen LogP contribution in [0.25, 0.3) is 0 Å². The Morgan fingerprint density at radius 2 is 1.82 bits per heavy atom. The van der Waals surface area contributed by atoms with Gasteiger partial charge in [0.1, 0.15) is 5.82 Å². The molecule has 198 valence electrons. The first-order valence-electron chi connectivity index (χ1n) is 11.2. The van der Waals surface area contributed by atoms with Crippen LogP contribution in [0.5, 0.6) is 11.5 Å². The third-order valence-corrected chi connectivity index (χ3v) is 6.52. The van der Waals surface area contributed by atoms with Gasteiger partial charge in [0.25, 0.3) is 5.91 Å². The van der Waals surface area contributed by atoms with Gasteiger partial charge in [-0.05, 0) is 90.0 Å². The third-order valence-electron chi connectivity index (χ3n) is 4.83. The second kappa shape index (κ2) is 13.9. The van der Waals surface area contributed by atoms with Crippen molar-refractivity contribution in [1.29, 1.82) is 0 Å². The highest BCUT2D eigenvalue weighted by Gasteiger charge is 2.16. The zero-order valence-electron chi connectivity index (χ0n) is 20.3. The lowest BCUT2D eigenvalue weighted by Crippen LogP contribution is -2.32. The number of nitrogens with one attached hydrogen (secondary N) is 3. The molecule has 12 heteroatoms. The van der Waals surface area contributed by atoms with Crippen molar-refractivity contribution in [3.05, 3.63) is 79.6 Å². The molecule has 0 aliphatic heterocycles. The average Bonchev–Trinajstić information content (AvgIpc) is 2.87. The number of hydrogen-bond donors (Lipinski definition) is 3. The molecule has 0 unspecified atom stereocenters. The van der Waals surface area contributed by atoms with Crippen LogP contribution >= 0.6 is 38.5 Å². The Balaban J connectivity index is 1.62. The lowest BCUT2D eigenvalue weighted by atomic mass is 10.2. The van der Waals surface area contributed by atoms with E-state index in [9.17, 15) is 18.8 Å². The lowest BCUT2D eigenvalue weighted by Gasteiger charge is -2.15. The molecular formula is C26H23BrFIN4O5. The molecule has 0 atom stereocenters. The number of carbonyl (C=O) groups excluding carboxylic acids is 3. The van der Waals surface area contributed by atoms with E-state index in [1.54, 1.807) is 25.1 Å². The lowest BCUT2D eigenvalue weighted by molar-refractivity contribution is -0.136. The van der Waals surface area contributed by atoms with Crippen LogP contribution in [0, 0.1) is 16.3 Å². The normalized spacial score (nSPS) is 10.7. The van der Waals surface area contributed by atoms with Gasteiger partial charge in [-0.1, -0.05) is 28.1 Å². The van der Waals surface area contributed by atoms with Crippen LogP contribution in [0.15, 0.2) is 64.2 Å². The minimum absolute atomic E-state index is 0.122. The molecule has 0 saturated heterocycles. The summed E-state index contributed by atoms with van der Waals surface area (Å²) in [5.74, 6) is -2.41. The summed E-state index contributed by atoms with van der Waals surface area (Å²) in [6.07, 6.45) is 1.31. The summed E-state index contributed by atoms with van der Waals surface area (Å²) in [7, 11) is 0. The number of benzene rings is 3. The predicted molar refractivity (Wildman–Crippen MR) is 154 cm³/mol. The molecule has 9 nitrogen and oxygen atoms in total. The van der Waals surface area contributed by atoms with E-state index in [1.165, 1.54) is 24.4 Å². The molecular weight excluding hydrogens is 674 g/mol. The summed E-state index contributed by atoms with van der Waals surface area (Å²) >= 11 is 5.45. The Bertz CT molecular complexity index is 1390. The van der Waals surface area contributed by atoms with Crippen LogP contribution in [0.3, 0.4) is 0 Å². The molecule has 0 aliphatic rings. The van der Waals surface area contributed by atoms with Crippen LogP contribution < -0.4 is 25.5 Å². The summed E-state index contributed by atoms with van der Waals surface area (Å²) in [5.41, 5.74) is 4.14. The van der Waals surface area contributed by atoms with Crippen molar-refractivity contribution < 1.29 is 28.2 Å². The van der Waals surface area contributed by atoms with Crippen molar-refractivity contribution in [2.24, 2.45) is 5.10 Å². The molecule has 0 fully saturated rings. The van der Waals surface area contributed by atoms with Crippen LogP contribution in [0.1, 0.15) is 18.1 Å². The first-order chi connectivity index (χ1) is 18.2. The standard InChI is InChI=1S/C26H23BrFIN4O5/c1-3-37-22-12-16(13-30-33-26(36)25(35)32-21-7-5-4-6-19(21)28)11-20(29)24(22)38-14-23(34)31-17-8-9-18(27)15(2)10-17/h4-13H,3,14H2,1-2H3,(H,31,34)(H,32,35)(H,33,36)/b30-13-. The Morgan fingerprint density at radius 3 is 2.53 bits per heavy atom. The van der Waals surface area contributed by atoms with E-state index in [2.05, 4.69) is 37.1 Å². The number of nitrogens with zero attached hydrogens (tertiary/aromatic N) is 1. The number of ether oxygens (including phenoxy) is 2. The van der Waals surface area contributed by atoms with E-state index in [-0.39, 0.29) is 18.2 Å². The summed E-state index contributed by atoms with van der Waals surface area (Å²) < 4.78 is 26.7. The second-order valence-electron chi connectivity index (χ2n) is 7.70. The largest absolute Gasteiger partial charge is 0.490 e. The van der Waals surface area contributed by atoms with Crippen LogP contribution in [-0.2, 0) is 14.4 Å².